The van der Waals surface area contributed by atoms with Crippen molar-refractivity contribution in [3.63, 3.8) is 0 Å². The maximum Gasteiger partial charge on any atom is 0.338 e. The van der Waals surface area contributed by atoms with Crippen molar-refractivity contribution in [2.75, 3.05) is 34.0 Å². The predicted molar refractivity (Wildman–Crippen MR) is 113 cm³/mol. The zero-order valence-electron chi connectivity index (χ0n) is 17.5. The van der Waals surface area contributed by atoms with Crippen LogP contribution in [-0.2, 0) is 19.0 Å². The highest BCUT2D eigenvalue weighted by Gasteiger charge is 2.35. The van der Waals surface area contributed by atoms with E-state index in [-0.39, 0.29) is 6.61 Å². The molecule has 1 aromatic carbocycles. The number of rotatable bonds is 8. The molecule has 0 aromatic heterocycles. The van der Waals surface area contributed by atoms with E-state index in [4.69, 9.17) is 26.4 Å². The molecule has 0 saturated carbocycles. The molecule has 0 unspecified atom stereocenters. The van der Waals surface area contributed by atoms with E-state index in [9.17, 15) is 9.59 Å². The smallest absolute Gasteiger partial charge is 0.338 e. The van der Waals surface area contributed by atoms with Crippen molar-refractivity contribution in [1.29, 1.82) is 0 Å². The molecule has 1 aromatic rings. The van der Waals surface area contributed by atoms with Crippen LogP contribution in [0.2, 0.25) is 0 Å². The summed E-state index contributed by atoms with van der Waals surface area (Å²) >= 11 is 5.57. The van der Waals surface area contributed by atoms with Crippen LogP contribution >= 0.6 is 12.2 Å². The predicted octanol–water partition coefficient (Wildman–Crippen LogP) is 2.82. The first-order valence-electron chi connectivity index (χ1n) is 9.43. The summed E-state index contributed by atoms with van der Waals surface area (Å²) in [5, 5.41) is 3.80. The van der Waals surface area contributed by atoms with Gasteiger partial charge >= 0.3 is 11.9 Å². The quantitative estimate of drug-likeness (QED) is 0.391. The summed E-state index contributed by atoms with van der Waals surface area (Å²) in [7, 11) is 2.88. The third kappa shape index (κ3) is 5.55. The number of carbonyl (C=O) groups excluding carboxylic acids is 2. The number of benzene rings is 1. The lowest BCUT2D eigenvalue weighted by Crippen LogP contribution is -2.49. The second-order valence-corrected chi connectivity index (χ2v) is 7.52. The Kier molecular flexibility index (Phi) is 8.16. The number of allylic oxidation sites excluding steroid dienone is 1. The van der Waals surface area contributed by atoms with E-state index in [1.54, 1.807) is 31.4 Å². The van der Waals surface area contributed by atoms with Crippen LogP contribution in [0.1, 0.15) is 42.7 Å². The van der Waals surface area contributed by atoms with Crippen LogP contribution in [0.5, 0.6) is 0 Å². The molecule has 0 bridgehead atoms. The zero-order valence-corrected chi connectivity index (χ0v) is 18.3. The van der Waals surface area contributed by atoms with E-state index < -0.39 is 18.0 Å². The van der Waals surface area contributed by atoms with Crippen molar-refractivity contribution in [1.82, 2.24) is 10.2 Å². The minimum absolute atomic E-state index is 0.161. The number of thiocarbonyl (C=S) groups is 1. The molecule has 0 amide bonds. The monoisotopic (exact) mass is 420 g/mol. The fourth-order valence-electron chi connectivity index (χ4n) is 3.11. The summed E-state index contributed by atoms with van der Waals surface area (Å²) in [6.07, 6.45) is 0. The van der Waals surface area contributed by atoms with E-state index in [1.807, 2.05) is 11.8 Å². The van der Waals surface area contributed by atoms with Gasteiger partial charge in [-0.05, 0) is 42.8 Å². The molecule has 0 spiro atoms. The molecule has 29 heavy (non-hydrogen) atoms. The minimum Gasteiger partial charge on any atom is -0.465 e. The van der Waals surface area contributed by atoms with Gasteiger partial charge in [0.15, 0.2) is 5.11 Å². The maximum absolute atomic E-state index is 12.9. The molecule has 1 heterocycles. The Balaban J connectivity index is 2.42. The summed E-state index contributed by atoms with van der Waals surface area (Å²) in [6, 6.07) is 6.40. The molecule has 2 rings (SSSR count). The zero-order chi connectivity index (χ0) is 21.6. The Morgan fingerprint density at radius 3 is 2.34 bits per heavy atom. The van der Waals surface area contributed by atoms with Gasteiger partial charge in [-0.2, -0.15) is 0 Å². The van der Waals surface area contributed by atoms with Crippen molar-refractivity contribution in [3.05, 3.63) is 46.7 Å². The van der Waals surface area contributed by atoms with Gasteiger partial charge in [-0.1, -0.05) is 26.0 Å². The number of carbonyl (C=O) groups is 2. The largest absolute Gasteiger partial charge is 0.465 e. The topological polar surface area (TPSA) is 77.1 Å². The standard InChI is InChI=1S/C21H28N2O5S/c1-13(2)12-23-14(3)17(20(25)28-11-10-26-4)18(22-21(23)29)15-6-8-16(9-7-15)19(24)27-5/h6-9,13,18H,10-12H2,1-5H3,(H,22,29)/t18-/m1/s1. The average Bonchev–Trinajstić information content (AvgIpc) is 2.70. The van der Waals surface area contributed by atoms with Crippen LogP contribution in [0.25, 0.3) is 0 Å². The Morgan fingerprint density at radius 2 is 1.79 bits per heavy atom. The number of nitrogens with one attached hydrogen (secondary N) is 1. The Bertz CT molecular complexity index is 789. The summed E-state index contributed by atoms with van der Waals surface area (Å²) in [4.78, 5) is 26.5. The van der Waals surface area contributed by atoms with Gasteiger partial charge in [-0.15, -0.1) is 0 Å². The molecule has 1 aliphatic heterocycles. The van der Waals surface area contributed by atoms with Crippen molar-refractivity contribution < 1.29 is 23.8 Å². The van der Waals surface area contributed by atoms with Crippen LogP contribution in [0.3, 0.4) is 0 Å². The molecule has 0 aliphatic carbocycles. The number of nitrogens with zero attached hydrogens (tertiary/aromatic N) is 1. The first-order chi connectivity index (χ1) is 13.8. The Labute approximate surface area is 177 Å². The number of hydrogen-bond donors (Lipinski definition) is 1. The van der Waals surface area contributed by atoms with Crippen LogP contribution in [0, 0.1) is 5.92 Å². The summed E-state index contributed by atoms with van der Waals surface area (Å²) < 4.78 is 15.1. The average molecular weight is 421 g/mol. The molecule has 7 nitrogen and oxygen atoms in total. The Morgan fingerprint density at radius 1 is 1.14 bits per heavy atom. The van der Waals surface area contributed by atoms with E-state index in [0.717, 1.165) is 11.3 Å². The van der Waals surface area contributed by atoms with Gasteiger partial charge in [0.2, 0.25) is 0 Å². The van der Waals surface area contributed by atoms with Crippen molar-refractivity contribution >= 4 is 29.3 Å². The summed E-state index contributed by atoms with van der Waals surface area (Å²) in [6.45, 7) is 7.21. The number of ether oxygens (including phenoxy) is 3. The molecule has 1 aliphatic rings. The molecule has 1 atom stereocenters. The van der Waals surface area contributed by atoms with E-state index in [0.29, 0.717) is 35.3 Å². The first-order valence-corrected chi connectivity index (χ1v) is 9.84. The molecule has 0 saturated heterocycles. The van der Waals surface area contributed by atoms with Crippen molar-refractivity contribution in [3.8, 4) is 0 Å². The number of esters is 2. The van der Waals surface area contributed by atoms with Gasteiger partial charge in [0.1, 0.15) is 6.61 Å². The number of methoxy groups -OCH3 is 2. The van der Waals surface area contributed by atoms with Crippen LogP contribution in [0.15, 0.2) is 35.5 Å². The molecule has 0 radical (unpaired) electrons. The minimum atomic E-state index is -0.479. The Hall–Kier alpha value is -2.45. The first kappa shape index (κ1) is 22.8. The van der Waals surface area contributed by atoms with Gasteiger partial charge in [0.25, 0.3) is 0 Å². The normalized spacial score (nSPS) is 16.7. The van der Waals surface area contributed by atoms with Gasteiger partial charge in [0, 0.05) is 19.4 Å². The van der Waals surface area contributed by atoms with Crippen LogP contribution in [-0.4, -0.2) is 55.9 Å². The third-order valence-electron chi connectivity index (χ3n) is 4.55. The fraction of sp³-hybridized carbons (Fsp3) is 0.476. The maximum atomic E-state index is 12.9. The molecule has 1 N–H and O–H groups in total. The summed E-state index contributed by atoms with van der Waals surface area (Å²) in [5.41, 5.74) is 2.47. The highest BCUT2D eigenvalue weighted by atomic mass is 32.1. The second-order valence-electron chi connectivity index (χ2n) is 7.13. The van der Waals surface area contributed by atoms with Crippen LogP contribution < -0.4 is 5.32 Å². The second kappa shape index (κ2) is 10.4. The van der Waals surface area contributed by atoms with Crippen molar-refractivity contribution in [2.24, 2.45) is 5.92 Å². The van der Waals surface area contributed by atoms with E-state index in [2.05, 4.69) is 19.2 Å². The van der Waals surface area contributed by atoms with E-state index in [1.165, 1.54) is 7.11 Å². The van der Waals surface area contributed by atoms with Gasteiger partial charge in [0.05, 0.1) is 30.9 Å². The highest BCUT2D eigenvalue weighted by Crippen LogP contribution is 2.32. The highest BCUT2D eigenvalue weighted by molar-refractivity contribution is 7.80. The SMILES string of the molecule is COCCOC(=O)C1=C(C)N(CC(C)C)C(=S)N[C@@H]1c1ccc(C(=O)OC)cc1. The lowest BCUT2D eigenvalue weighted by atomic mass is 9.94. The van der Waals surface area contributed by atoms with Gasteiger partial charge in [-0.3, -0.25) is 0 Å². The van der Waals surface area contributed by atoms with Crippen molar-refractivity contribution in [2.45, 2.75) is 26.8 Å². The molecular weight excluding hydrogens is 392 g/mol. The lowest BCUT2D eigenvalue weighted by molar-refractivity contribution is -0.140. The third-order valence-corrected chi connectivity index (χ3v) is 4.89. The van der Waals surface area contributed by atoms with Gasteiger partial charge < -0.3 is 24.4 Å². The molecule has 158 valence electrons. The van der Waals surface area contributed by atoms with E-state index >= 15 is 0 Å². The number of hydrogen-bond acceptors (Lipinski definition) is 6. The molecular formula is C21H28N2O5S. The fourth-order valence-corrected chi connectivity index (χ4v) is 3.43. The lowest BCUT2D eigenvalue weighted by Gasteiger charge is -2.38. The summed E-state index contributed by atoms with van der Waals surface area (Å²) in [5.74, 6) is -0.491. The molecule has 8 heteroatoms. The van der Waals surface area contributed by atoms with Gasteiger partial charge in [-0.25, -0.2) is 9.59 Å². The van der Waals surface area contributed by atoms with Crippen LogP contribution in [0.4, 0.5) is 0 Å². The molecule has 0 fully saturated rings.